The number of tetrazole rings is 1. The zero-order chi connectivity index (χ0) is 31.2. The minimum absolute atomic E-state index is 0.0146. The predicted octanol–water partition coefficient (Wildman–Crippen LogP) is 5.37. The summed E-state index contributed by atoms with van der Waals surface area (Å²) in [7, 11) is 0. The topological polar surface area (TPSA) is 132 Å². The maximum absolute atomic E-state index is 12.5. The molecule has 0 radical (unpaired) electrons. The van der Waals surface area contributed by atoms with Gasteiger partial charge in [-0.3, -0.25) is 4.79 Å². The average molecular weight is 624 g/mol. The van der Waals surface area contributed by atoms with Gasteiger partial charge in [0.05, 0.1) is 24.5 Å². The lowest BCUT2D eigenvalue weighted by atomic mass is 9.91. The van der Waals surface area contributed by atoms with E-state index < -0.39 is 6.29 Å². The molecule has 5 aromatic rings. The Hall–Kier alpha value is -4.55. The Balaban J connectivity index is 1.18. The van der Waals surface area contributed by atoms with Crippen LogP contribution in [0.5, 0.6) is 5.75 Å². The van der Waals surface area contributed by atoms with Crippen molar-refractivity contribution in [2.24, 2.45) is 5.92 Å². The molecule has 10 nitrogen and oxygen atoms in total. The minimum Gasteiger partial charge on any atom is -0.508 e. The van der Waals surface area contributed by atoms with Gasteiger partial charge in [-0.1, -0.05) is 85.4 Å². The average Bonchev–Trinajstić information content (AvgIpc) is 3.56. The fourth-order valence-corrected chi connectivity index (χ4v) is 6.21. The van der Waals surface area contributed by atoms with E-state index in [-0.39, 0.29) is 36.4 Å². The molecule has 1 saturated heterocycles. The molecular weight excluding hydrogens is 590 g/mol. The smallest absolute Gasteiger partial charge is 0.251 e. The second-order valence-corrected chi connectivity index (χ2v) is 11.8. The molecule has 11 heteroatoms. The first-order chi connectivity index (χ1) is 22.0. The monoisotopic (exact) mass is 623 g/mol. The van der Waals surface area contributed by atoms with E-state index in [2.05, 4.69) is 27.8 Å². The van der Waals surface area contributed by atoms with Crippen molar-refractivity contribution in [3.8, 4) is 11.4 Å². The number of thioether (sulfide) groups is 1. The summed E-state index contributed by atoms with van der Waals surface area (Å²) in [5, 5.41) is 35.0. The molecule has 1 amide bonds. The van der Waals surface area contributed by atoms with Crippen LogP contribution in [-0.2, 0) is 22.6 Å². The van der Waals surface area contributed by atoms with Crippen molar-refractivity contribution < 1.29 is 24.5 Å². The number of nitrogens with zero attached hydrogens (tertiary/aromatic N) is 4. The summed E-state index contributed by atoms with van der Waals surface area (Å²) >= 11 is 1.48. The second-order valence-electron chi connectivity index (χ2n) is 10.8. The fraction of sp³-hybridized carbons (Fsp3) is 0.235. The highest BCUT2D eigenvalue weighted by Crippen LogP contribution is 2.43. The van der Waals surface area contributed by atoms with Crippen molar-refractivity contribution in [3.05, 3.63) is 131 Å². The second kappa shape index (κ2) is 14.0. The summed E-state index contributed by atoms with van der Waals surface area (Å²) in [5.74, 6) is 0.590. The first-order valence-electron chi connectivity index (χ1n) is 14.6. The van der Waals surface area contributed by atoms with Gasteiger partial charge in [-0.05, 0) is 63.5 Å². The number of benzene rings is 4. The summed E-state index contributed by atoms with van der Waals surface area (Å²) in [6.07, 6.45) is -1.11. The summed E-state index contributed by atoms with van der Waals surface area (Å²) in [6.45, 7) is 2.47. The number of rotatable bonds is 10. The number of carbonyl (C=O) groups is 1. The lowest BCUT2D eigenvalue weighted by Crippen LogP contribution is -2.38. The minimum atomic E-state index is -0.629. The maximum Gasteiger partial charge on any atom is 0.251 e. The number of hydrogen-bond acceptors (Lipinski definition) is 9. The van der Waals surface area contributed by atoms with Crippen LogP contribution in [0.25, 0.3) is 5.69 Å². The maximum atomic E-state index is 12.5. The first kappa shape index (κ1) is 30.5. The molecule has 0 bridgehead atoms. The number of amides is 1. The molecule has 1 aromatic heterocycles. The van der Waals surface area contributed by atoms with Crippen LogP contribution < -0.4 is 5.32 Å². The number of ether oxygens (including phenoxy) is 2. The van der Waals surface area contributed by atoms with Crippen LogP contribution in [0.4, 0.5) is 0 Å². The Morgan fingerprint density at radius 3 is 2.29 bits per heavy atom. The van der Waals surface area contributed by atoms with E-state index >= 15 is 0 Å². The van der Waals surface area contributed by atoms with Crippen LogP contribution in [0.15, 0.2) is 108 Å². The molecule has 0 spiro atoms. The number of phenols is 1. The number of aliphatic hydroxyl groups is 1. The van der Waals surface area contributed by atoms with E-state index in [1.807, 2.05) is 66.7 Å². The molecule has 6 rings (SSSR count). The third-order valence-electron chi connectivity index (χ3n) is 7.78. The number of aromatic nitrogens is 4. The molecular formula is C34H33N5O5S. The highest BCUT2D eigenvalue weighted by atomic mass is 32.2. The number of nitrogens with one attached hydrogen (secondary N) is 1. The van der Waals surface area contributed by atoms with Crippen LogP contribution in [-0.4, -0.2) is 48.2 Å². The number of aliphatic hydroxyl groups excluding tert-OH is 1. The Kier molecular flexibility index (Phi) is 9.51. The zero-order valence-electron chi connectivity index (χ0n) is 24.6. The Morgan fingerprint density at radius 2 is 1.58 bits per heavy atom. The van der Waals surface area contributed by atoms with E-state index in [1.165, 1.54) is 11.8 Å². The molecule has 1 aliphatic rings. The van der Waals surface area contributed by atoms with Gasteiger partial charge in [0.1, 0.15) is 5.75 Å². The Labute approximate surface area is 265 Å². The van der Waals surface area contributed by atoms with Gasteiger partial charge in [-0.15, -0.1) is 5.10 Å². The van der Waals surface area contributed by atoms with E-state index in [1.54, 1.807) is 41.1 Å². The third kappa shape index (κ3) is 7.23. The summed E-state index contributed by atoms with van der Waals surface area (Å²) < 4.78 is 14.8. The van der Waals surface area contributed by atoms with Gasteiger partial charge in [0.15, 0.2) is 6.29 Å². The first-order valence-corrected chi connectivity index (χ1v) is 15.6. The molecule has 1 fully saturated rings. The quantitative estimate of drug-likeness (QED) is 0.176. The van der Waals surface area contributed by atoms with Crippen molar-refractivity contribution in [2.45, 2.75) is 43.7 Å². The number of carbonyl (C=O) groups excluding carboxylic acids is 1. The van der Waals surface area contributed by atoms with E-state index in [4.69, 9.17) is 9.47 Å². The van der Waals surface area contributed by atoms with Gasteiger partial charge in [-0.2, -0.15) is 4.68 Å². The lowest BCUT2D eigenvalue weighted by Gasteiger charge is -2.41. The molecule has 1 aliphatic heterocycles. The molecule has 2 heterocycles. The molecule has 0 saturated carbocycles. The summed E-state index contributed by atoms with van der Waals surface area (Å²) in [4.78, 5) is 12.5. The predicted molar refractivity (Wildman–Crippen MR) is 169 cm³/mol. The van der Waals surface area contributed by atoms with E-state index in [0.717, 1.165) is 27.9 Å². The normalized spacial score (nSPS) is 19.7. The van der Waals surface area contributed by atoms with Crippen molar-refractivity contribution in [1.29, 1.82) is 0 Å². The highest BCUT2D eigenvalue weighted by molar-refractivity contribution is 7.99. The molecule has 230 valence electrons. The van der Waals surface area contributed by atoms with Crippen molar-refractivity contribution >= 4 is 17.7 Å². The van der Waals surface area contributed by atoms with Gasteiger partial charge in [0.25, 0.3) is 5.91 Å². The molecule has 0 aliphatic carbocycles. The molecule has 45 heavy (non-hydrogen) atoms. The molecule has 4 aromatic carbocycles. The zero-order valence-corrected chi connectivity index (χ0v) is 25.4. The van der Waals surface area contributed by atoms with E-state index in [0.29, 0.717) is 23.0 Å². The molecule has 4 atom stereocenters. The van der Waals surface area contributed by atoms with Gasteiger partial charge in [0, 0.05) is 29.3 Å². The van der Waals surface area contributed by atoms with Gasteiger partial charge in [-0.25, -0.2) is 0 Å². The third-order valence-corrected chi connectivity index (χ3v) is 8.78. The number of phenolic OH excluding ortho intramolecular Hbond substituents is 1. The van der Waals surface area contributed by atoms with Crippen molar-refractivity contribution in [2.75, 3.05) is 5.75 Å². The van der Waals surface area contributed by atoms with Gasteiger partial charge >= 0.3 is 0 Å². The Morgan fingerprint density at radius 1 is 0.889 bits per heavy atom. The molecule has 4 unspecified atom stereocenters. The lowest BCUT2D eigenvalue weighted by molar-refractivity contribution is -0.268. The standard InChI is InChI=1S/C34H33N5O5S/c1-22-30(21-45-34-36-37-38-39(34)28-15-17-29(41)18-16-28)43-33(44-31(22)25-11-9-24(20-40)10-12-25)27-13-7-23(8-14-27)19-35-32(42)26-5-3-2-4-6-26/h2-18,22,30-31,33,40-41H,19-21H2,1H3,(H,35,42). The fourth-order valence-electron chi connectivity index (χ4n) is 5.16. The van der Waals surface area contributed by atoms with Gasteiger partial charge in [0.2, 0.25) is 5.16 Å². The SMILES string of the molecule is CC1C(CSc2nnnn2-c2ccc(O)cc2)OC(c2ccc(CNC(=O)c3ccccc3)cc2)OC1c1ccc(CO)cc1. The Bertz CT molecular complexity index is 1700. The van der Waals surface area contributed by atoms with Crippen LogP contribution >= 0.6 is 11.8 Å². The highest BCUT2D eigenvalue weighted by Gasteiger charge is 2.38. The molecule has 3 N–H and O–H groups in total. The van der Waals surface area contributed by atoms with E-state index in [9.17, 15) is 15.0 Å². The van der Waals surface area contributed by atoms with Crippen LogP contribution in [0.1, 0.15) is 51.9 Å². The summed E-state index contributed by atoms with van der Waals surface area (Å²) in [6, 6.07) is 31.5. The van der Waals surface area contributed by atoms with Crippen LogP contribution in [0, 0.1) is 5.92 Å². The largest absolute Gasteiger partial charge is 0.508 e. The number of aromatic hydroxyl groups is 1. The van der Waals surface area contributed by atoms with Crippen molar-refractivity contribution in [1.82, 2.24) is 25.5 Å². The number of hydrogen-bond donors (Lipinski definition) is 3. The summed E-state index contributed by atoms with van der Waals surface area (Å²) in [5.41, 5.74) is 5.00. The van der Waals surface area contributed by atoms with Crippen LogP contribution in [0.2, 0.25) is 0 Å². The van der Waals surface area contributed by atoms with Crippen molar-refractivity contribution in [3.63, 3.8) is 0 Å². The van der Waals surface area contributed by atoms with Crippen LogP contribution in [0.3, 0.4) is 0 Å². The van der Waals surface area contributed by atoms with Gasteiger partial charge < -0.3 is 25.0 Å².